The van der Waals surface area contributed by atoms with Crippen LogP contribution in [0.1, 0.15) is 24.1 Å². The molecule has 0 aliphatic heterocycles. The topological polar surface area (TPSA) is 68.3 Å². The van der Waals surface area contributed by atoms with E-state index in [2.05, 4.69) is 5.32 Å². The van der Waals surface area contributed by atoms with Gasteiger partial charge in [-0.1, -0.05) is 11.6 Å². The van der Waals surface area contributed by atoms with Crippen LogP contribution in [0.4, 0.5) is 5.69 Å². The van der Waals surface area contributed by atoms with E-state index in [1.165, 1.54) is 5.56 Å². The van der Waals surface area contributed by atoms with Gasteiger partial charge in [0, 0.05) is 28.3 Å². The number of benzene rings is 1. The number of nitrogens with zero attached hydrogens (tertiary/aromatic N) is 1. The number of halogens is 1. The van der Waals surface area contributed by atoms with Crippen LogP contribution in [0.15, 0.2) is 18.2 Å². The highest BCUT2D eigenvalue weighted by Crippen LogP contribution is 2.34. The summed E-state index contributed by atoms with van der Waals surface area (Å²) in [4.78, 5) is 4.75. The second-order valence-electron chi connectivity index (χ2n) is 5.73. The highest BCUT2D eigenvalue weighted by Gasteiger charge is 2.18. The summed E-state index contributed by atoms with van der Waals surface area (Å²) >= 11 is 6.08. The zero-order valence-electron chi connectivity index (χ0n) is 12.9. The van der Waals surface area contributed by atoms with Gasteiger partial charge < -0.3 is 5.32 Å². The summed E-state index contributed by atoms with van der Waals surface area (Å²) in [7, 11) is -3.41. The van der Waals surface area contributed by atoms with Crippen LogP contribution in [-0.4, -0.2) is 32.8 Å². The van der Waals surface area contributed by atoms with Crippen molar-refractivity contribution in [2.45, 2.75) is 25.7 Å². The van der Waals surface area contributed by atoms with E-state index in [-0.39, 0.29) is 6.61 Å². The maximum Gasteiger partial charge on any atom is 0.264 e. The first-order chi connectivity index (χ1) is 10.9. The van der Waals surface area contributed by atoms with E-state index in [4.69, 9.17) is 20.8 Å². The minimum atomic E-state index is -3.41. The minimum Gasteiger partial charge on any atom is -0.382 e. The normalized spacial score (nSPS) is 14.7. The highest BCUT2D eigenvalue weighted by molar-refractivity contribution is 7.85. The molecule has 1 aromatic carbocycles. The molecule has 0 saturated carbocycles. The minimum absolute atomic E-state index is 0.102. The molecule has 0 saturated heterocycles. The fourth-order valence-corrected chi connectivity index (χ4v) is 3.52. The van der Waals surface area contributed by atoms with Crippen LogP contribution < -0.4 is 5.32 Å². The molecule has 0 unspecified atom stereocenters. The first kappa shape index (κ1) is 16.5. The van der Waals surface area contributed by atoms with Crippen molar-refractivity contribution in [3.63, 3.8) is 0 Å². The molecule has 5 nitrogen and oxygen atoms in total. The lowest BCUT2D eigenvalue weighted by molar-refractivity contribution is 0.335. The van der Waals surface area contributed by atoms with Crippen molar-refractivity contribution in [2.24, 2.45) is 0 Å². The van der Waals surface area contributed by atoms with E-state index in [9.17, 15) is 8.42 Å². The highest BCUT2D eigenvalue weighted by atomic mass is 35.5. The van der Waals surface area contributed by atoms with Crippen LogP contribution in [0.5, 0.6) is 0 Å². The van der Waals surface area contributed by atoms with E-state index in [1.54, 1.807) is 0 Å². The molecule has 1 N–H and O–H groups in total. The molecule has 1 heterocycles. The fraction of sp³-hybridized carbons (Fsp3) is 0.438. The van der Waals surface area contributed by atoms with Gasteiger partial charge in [-0.3, -0.25) is 9.17 Å². The zero-order chi connectivity index (χ0) is 16.4. The van der Waals surface area contributed by atoms with Crippen LogP contribution in [-0.2, 0) is 27.1 Å². The number of fused-ring (bicyclic) bond motifs is 2. The molecule has 1 aromatic heterocycles. The smallest absolute Gasteiger partial charge is 0.264 e. The SMILES string of the molecule is CS(=O)(=O)OCCNc1c2c(nc3cc(Cl)ccc13)CCCC2. The standard InChI is InChI=1S/C16H19ClN2O3S/c1-23(20,21)22-9-8-18-16-12-4-2-3-5-14(12)19-15-10-11(17)6-7-13(15)16/h6-7,10H,2-5,8-9H2,1H3,(H,18,19). The predicted octanol–water partition coefficient (Wildman–Crippen LogP) is 3.16. The number of nitrogens with one attached hydrogen (secondary N) is 1. The van der Waals surface area contributed by atoms with Crippen LogP contribution in [0.2, 0.25) is 5.02 Å². The lowest BCUT2D eigenvalue weighted by Gasteiger charge is -2.21. The average molecular weight is 355 g/mol. The second-order valence-corrected chi connectivity index (χ2v) is 7.81. The van der Waals surface area contributed by atoms with Crippen LogP contribution in [0, 0.1) is 0 Å². The van der Waals surface area contributed by atoms with Gasteiger partial charge in [-0.15, -0.1) is 0 Å². The van der Waals surface area contributed by atoms with Crippen LogP contribution >= 0.6 is 11.6 Å². The van der Waals surface area contributed by atoms with E-state index >= 15 is 0 Å². The number of hydrogen-bond donors (Lipinski definition) is 1. The molecule has 0 amide bonds. The Morgan fingerprint density at radius 1 is 1.30 bits per heavy atom. The number of aryl methyl sites for hydroxylation is 1. The van der Waals surface area contributed by atoms with E-state index in [1.807, 2.05) is 18.2 Å². The summed E-state index contributed by atoms with van der Waals surface area (Å²) < 4.78 is 26.9. The maximum absolute atomic E-state index is 11.1. The summed E-state index contributed by atoms with van der Waals surface area (Å²) in [5.74, 6) is 0. The Kier molecular flexibility index (Phi) is 4.75. The third kappa shape index (κ3) is 3.94. The third-order valence-corrected chi connectivity index (χ3v) is 4.76. The molecular weight excluding hydrogens is 336 g/mol. The summed E-state index contributed by atoms with van der Waals surface area (Å²) in [6.07, 6.45) is 5.28. The first-order valence-electron chi connectivity index (χ1n) is 7.63. The van der Waals surface area contributed by atoms with Crippen molar-refractivity contribution in [2.75, 3.05) is 24.7 Å². The number of anilines is 1. The summed E-state index contributed by atoms with van der Waals surface area (Å²) in [5.41, 5.74) is 4.23. The van der Waals surface area contributed by atoms with E-state index in [0.717, 1.165) is 54.2 Å². The molecule has 1 aliphatic rings. The number of aromatic nitrogens is 1. The van der Waals surface area contributed by atoms with Crippen LogP contribution in [0.3, 0.4) is 0 Å². The lowest BCUT2D eigenvalue weighted by atomic mass is 9.92. The van der Waals surface area contributed by atoms with E-state index < -0.39 is 10.1 Å². The summed E-state index contributed by atoms with van der Waals surface area (Å²) in [6, 6.07) is 5.67. The Morgan fingerprint density at radius 2 is 2.09 bits per heavy atom. The fourth-order valence-electron chi connectivity index (χ4n) is 2.97. The third-order valence-electron chi connectivity index (χ3n) is 3.93. The Hall–Kier alpha value is -1.37. The van der Waals surface area contributed by atoms with Crippen molar-refractivity contribution in [3.05, 3.63) is 34.5 Å². The Bertz CT molecular complexity index is 837. The Morgan fingerprint density at radius 3 is 2.87 bits per heavy atom. The summed E-state index contributed by atoms with van der Waals surface area (Å²) in [5, 5.41) is 5.00. The second kappa shape index (κ2) is 6.63. The molecule has 2 aromatic rings. The van der Waals surface area contributed by atoms with Gasteiger partial charge in [0.25, 0.3) is 10.1 Å². The molecule has 1 aliphatic carbocycles. The van der Waals surface area contributed by atoms with Gasteiger partial charge in [-0.05, 0) is 49.4 Å². The molecule has 0 bridgehead atoms. The van der Waals surface area contributed by atoms with Gasteiger partial charge in [0.15, 0.2) is 0 Å². The molecule has 0 spiro atoms. The van der Waals surface area contributed by atoms with Gasteiger partial charge in [0.2, 0.25) is 0 Å². The molecule has 0 fully saturated rings. The van der Waals surface area contributed by atoms with Crippen LogP contribution in [0.25, 0.3) is 10.9 Å². The van der Waals surface area contributed by atoms with E-state index in [0.29, 0.717) is 11.6 Å². The van der Waals surface area contributed by atoms with Gasteiger partial charge >= 0.3 is 0 Å². The predicted molar refractivity (Wildman–Crippen MR) is 92.7 cm³/mol. The molecule has 0 atom stereocenters. The van der Waals surface area contributed by atoms with Gasteiger partial charge in [-0.25, -0.2) is 0 Å². The molecule has 0 radical (unpaired) electrons. The Labute approximate surface area is 141 Å². The van der Waals surface area contributed by atoms with Crippen molar-refractivity contribution >= 4 is 38.3 Å². The van der Waals surface area contributed by atoms with Gasteiger partial charge in [0.05, 0.1) is 18.4 Å². The van der Waals surface area contributed by atoms with Crippen molar-refractivity contribution in [3.8, 4) is 0 Å². The van der Waals surface area contributed by atoms with Crippen molar-refractivity contribution < 1.29 is 12.6 Å². The number of hydrogen-bond acceptors (Lipinski definition) is 5. The monoisotopic (exact) mass is 354 g/mol. The Balaban J connectivity index is 1.93. The average Bonchev–Trinajstić information content (AvgIpc) is 2.49. The molecular formula is C16H19ClN2O3S. The van der Waals surface area contributed by atoms with Gasteiger partial charge in [0.1, 0.15) is 0 Å². The largest absolute Gasteiger partial charge is 0.382 e. The molecule has 7 heteroatoms. The zero-order valence-corrected chi connectivity index (χ0v) is 14.5. The van der Waals surface area contributed by atoms with Crippen molar-refractivity contribution in [1.29, 1.82) is 0 Å². The lowest BCUT2D eigenvalue weighted by Crippen LogP contribution is -2.16. The maximum atomic E-state index is 11.1. The van der Waals surface area contributed by atoms with Gasteiger partial charge in [-0.2, -0.15) is 8.42 Å². The number of rotatable bonds is 5. The molecule has 23 heavy (non-hydrogen) atoms. The van der Waals surface area contributed by atoms with Crippen molar-refractivity contribution in [1.82, 2.24) is 4.98 Å². The first-order valence-corrected chi connectivity index (χ1v) is 9.83. The number of pyridine rings is 1. The molecule has 124 valence electrons. The molecule has 3 rings (SSSR count). The summed E-state index contributed by atoms with van der Waals surface area (Å²) in [6.45, 7) is 0.520. The quantitative estimate of drug-likeness (QED) is 0.659.